The SMILES string of the molecule is Nc1cc(F)c(Br)cc1Nc1ccc(I)cc1Cl. The van der Waals surface area contributed by atoms with Gasteiger partial charge in [0.15, 0.2) is 0 Å². The first kappa shape index (κ1) is 13.9. The lowest BCUT2D eigenvalue weighted by atomic mass is 10.2. The van der Waals surface area contributed by atoms with Crippen LogP contribution in [0.15, 0.2) is 34.8 Å². The van der Waals surface area contributed by atoms with E-state index in [0.29, 0.717) is 20.9 Å². The van der Waals surface area contributed by atoms with Crippen LogP contribution in [0.25, 0.3) is 0 Å². The maximum absolute atomic E-state index is 13.2. The summed E-state index contributed by atoms with van der Waals surface area (Å²) < 4.78 is 14.6. The molecule has 0 fully saturated rings. The molecule has 2 rings (SSSR count). The van der Waals surface area contributed by atoms with Gasteiger partial charge in [-0.1, -0.05) is 11.6 Å². The van der Waals surface area contributed by atoms with Crippen LogP contribution in [0.4, 0.5) is 21.5 Å². The van der Waals surface area contributed by atoms with Crippen LogP contribution in [0.5, 0.6) is 0 Å². The second-order valence-corrected chi connectivity index (χ2v) is 6.11. The minimum absolute atomic E-state index is 0.324. The number of halogens is 4. The molecule has 0 saturated heterocycles. The van der Waals surface area contributed by atoms with Crippen molar-refractivity contribution in [3.05, 3.63) is 49.2 Å². The summed E-state index contributed by atoms with van der Waals surface area (Å²) in [5.74, 6) is -0.397. The van der Waals surface area contributed by atoms with Gasteiger partial charge >= 0.3 is 0 Å². The summed E-state index contributed by atoms with van der Waals surface area (Å²) in [5.41, 5.74) is 7.40. The molecule has 0 spiro atoms. The highest BCUT2D eigenvalue weighted by Gasteiger charge is 2.08. The van der Waals surface area contributed by atoms with Gasteiger partial charge in [-0.25, -0.2) is 4.39 Å². The smallest absolute Gasteiger partial charge is 0.139 e. The molecule has 18 heavy (non-hydrogen) atoms. The number of anilines is 3. The molecule has 2 nitrogen and oxygen atoms in total. The minimum Gasteiger partial charge on any atom is -0.397 e. The molecule has 0 aliphatic rings. The van der Waals surface area contributed by atoms with Gasteiger partial charge < -0.3 is 11.1 Å². The largest absolute Gasteiger partial charge is 0.397 e. The molecule has 0 aromatic heterocycles. The van der Waals surface area contributed by atoms with Gasteiger partial charge in [-0.15, -0.1) is 0 Å². The molecule has 3 N–H and O–H groups in total. The van der Waals surface area contributed by atoms with Crippen LogP contribution in [-0.2, 0) is 0 Å². The number of nitrogen functional groups attached to an aromatic ring is 1. The normalized spacial score (nSPS) is 10.4. The summed E-state index contributed by atoms with van der Waals surface area (Å²) in [4.78, 5) is 0. The van der Waals surface area contributed by atoms with Gasteiger partial charge in [0.1, 0.15) is 5.82 Å². The predicted molar refractivity (Wildman–Crippen MR) is 86.0 cm³/mol. The molecule has 0 bridgehead atoms. The maximum Gasteiger partial charge on any atom is 0.139 e. The maximum atomic E-state index is 13.2. The third-order valence-corrected chi connectivity index (χ3v) is 3.88. The zero-order valence-corrected chi connectivity index (χ0v) is 13.5. The van der Waals surface area contributed by atoms with Gasteiger partial charge in [-0.3, -0.25) is 0 Å². The summed E-state index contributed by atoms with van der Waals surface area (Å²) in [5, 5.41) is 3.66. The van der Waals surface area contributed by atoms with Crippen molar-refractivity contribution in [2.24, 2.45) is 0 Å². The molecule has 6 heteroatoms. The van der Waals surface area contributed by atoms with Gasteiger partial charge in [0.05, 0.1) is 26.6 Å². The molecule has 2 aromatic carbocycles. The number of nitrogens with two attached hydrogens (primary N) is 1. The van der Waals surface area contributed by atoms with Crippen molar-refractivity contribution in [1.82, 2.24) is 0 Å². The van der Waals surface area contributed by atoms with E-state index in [9.17, 15) is 4.39 Å². The molecule has 0 unspecified atom stereocenters. The van der Waals surface area contributed by atoms with E-state index in [0.717, 1.165) is 9.26 Å². The number of rotatable bonds is 2. The number of nitrogens with one attached hydrogen (secondary N) is 1. The molecule has 94 valence electrons. The Morgan fingerprint density at radius 1 is 1.22 bits per heavy atom. The monoisotopic (exact) mass is 440 g/mol. The van der Waals surface area contributed by atoms with Crippen LogP contribution < -0.4 is 11.1 Å². The Balaban J connectivity index is 2.37. The van der Waals surface area contributed by atoms with Gasteiger partial charge in [-0.05, 0) is 62.8 Å². The Morgan fingerprint density at radius 2 is 1.94 bits per heavy atom. The number of hydrogen-bond donors (Lipinski definition) is 2. The zero-order chi connectivity index (χ0) is 13.3. The van der Waals surface area contributed by atoms with E-state index in [1.165, 1.54) is 6.07 Å². The average molecular weight is 441 g/mol. The molecule has 0 heterocycles. The molecular weight excluding hydrogens is 433 g/mol. The van der Waals surface area contributed by atoms with E-state index < -0.39 is 5.82 Å². The topological polar surface area (TPSA) is 38.0 Å². The summed E-state index contributed by atoms with van der Waals surface area (Å²) in [6, 6.07) is 8.44. The van der Waals surface area contributed by atoms with Crippen LogP contribution in [0.3, 0.4) is 0 Å². The number of hydrogen-bond acceptors (Lipinski definition) is 2. The van der Waals surface area contributed by atoms with E-state index >= 15 is 0 Å². The first-order valence-electron chi connectivity index (χ1n) is 4.94. The lowest BCUT2D eigenvalue weighted by molar-refractivity contribution is 0.622. The molecule has 2 aromatic rings. The Kier molecular flexibility index (Phi) is 4.34. The van der Waals surface area contributed by atoms with Crippen LogP contribution in [0.2, 0.25) is 5.02 Å². The van der Waals surface area contributed by atoms with Crippen molar-refractivity contribution in [2.75, 3.05) is 11.1 Å². The summed E-state index contributed by atoms with van der Waals surface area (Å²) in [7, 11) is 0. The van der Waals surface area contributed by atoms with E-state index in [-0.39, 0.29) is 0 Å². The molecule has 0 radical (unpaired) electrons. The van der Waals surface area contributed by atoms with Crippen LogP contribution in [-0.4, -0.2) is 0 Å². The molecule has 0 aliphatic carbocycles. The van der Waals surface area contributed by atoms with Crippen LogP contribution in [0.1, 0.15) is 0 Å². The van der Waals surface area contributed by atoms with Crippen LogP contribution >= 0.6 is 50.1 Å². The molecule has 0 atom stereocenters. The van der Waals surface area contributed by atoms with Gasteiger partial charge in [0.25, 0.3) is 0 Å². The quantitative estimate of drug-likeness (QED) is 0.498. The summed E-state index contributed by atoms with van der Waals surface area (Å²) in [6.45, 7) is 0. The second kappa shape index (κ2) is 5.63. The predicted octanol–water partition coefficient (Wildman–Crippen LogP) is 5.17. The van der Waals surface area contributed by atoms with E-state index in [4.69, 9.17) is 17.3 Å². The number of benzene rings is 2. The molecular formula is C12H8BrClFIN2. The molecule has 0 saturated carbocycles. The Hall–Kier alpha value is -0.530. The van der Waals surface area contributed by atoms with Crippen molar-refractivity contribution in [3.8, 4) is 0 Å². The van der Waals surface area contributed by atoms with Crippen molar-refractivity contribution in [3.63, 3.8) is 0 Å². The third kappa shape index (κ3) is 3.07. The summed E-state index contributed by atoms with van der Waals surface area (Å²) >= 11 is 11.4. The highest BCUT2D eigenvalue weighted by molar-refractivity contribution is 14.1. The minimum atomic E-state index is -0.397. The molecule has 0 aliphatic heterocycles. The third-order valence-electron chi connectivity index (χ3n) is 2.29. The van der Waals surface area contributed by atoms with Crippen molar-refractivity contribution in [1.29, 1.82) is 0 Å². The van der Waals surface area contributed by atoms with Crippen molar-refractivity contribution >= 4 is 67.2 Å². The van der Waals surface area contributed by atoms with Crippen molar-refractivity contribution in [2.45, 2.75) is 0 Å². The fourth-order valence-electron chi connectivity index (χ4n) is 1.41. The van der Waals surface area contributed by atoms with Crippen LogP contribution in [0, 0.1) is 9.39 Å². The zero-order valence-electron chi connectivity index (χ0n) is 8.98. The fraction of sp³-hybridized carbons (Fsp3) is 0. The van der Waals surface area contributed by atoms with E-state index in [1.807, 2.05) is 18.2 Å². The highest BCUT2D eigenvalue weighted by atomic mass is 127. The lowest BCUT2D eigenvalue weighted by Crippen LogP contribution is -1.98. The van der Waals surface area contributed by atoms with E-state index in [1.54, 1.807) is 6.07 Å². The average Bonchev–Trinajstić information content (AvgIpc) is 2.29. The van der Waals surface area contributed by atoms with Gasteiger partial charge in [-0.2, -0.15) is 0 Å². The first-order chi connectivity index (χ1) is 8.47. The Bertz CT molecular complexity index is 607. The Labute approximate surface area is 131 Å². The summed E-state index contributed by atoms with van der Waals surface area (Å²) in [6.07, 6.45) is 0. The highest BCUT2D eigenvalue weighted by Crippen LogP contribution is 2.32. The van der Waals surface area contributed by atoms with Crippen molar-refractivity contribution < 1.29 is 4.39 Å². The fourth-order valence-corrected chi connectivity index (χ4v) is 2.65. The lowest BCUT2D eigenvalue weighted by Gasteiger charge is -2.12. The second-order valence-electron chi connectivity index (χ2n) is 3.60. The standard InChI is InChI=1S/C12H8BrClFIN2/c13-7-4-12(10(17)5-9(7)15)18-11-2-1-6(16)3-8(11)14/h1-5,18H,17H2. The van der Waals surface area contributed by atoms with Gasteiger partial charge in [0.2, 0.25) is 0 Å². The van der Waals surface area contributed by atoms with Gasteiger partial charge in [0, 0.05) is 9.64 Å². The van der Waals surface area contributed by atoms with E-state index in [2.05, 4.69) is 43.8 Å². The first-order valence-corrected chi connectivity index (χ1v) is 7.19. The molecule has 0 amide bonds. The Morgan fingerprint density at radius 3 is 2.61 bits per heavy atom.